The van der Waals surface area contributed by atoms with Gasteiger partial charge in [0.05, 0.1) is 0 Å². The summed E-state index contributed by atoms with van der Waals surface area (Å²) in [4.78, 5) is 0. The van der Waals surface area contributed by atoms with Crippen LogP contribution < -0.4 is 11.3 Å². The summed E-state index contributed by atoms with van der Waals surface area (Å²) in [5.41, 5.74) is 3.46. The van der Waals surface area contributed by atoms with Crippen molar-refractivity contribution in [3.05, 3.63) is 63.5 Å². The highest BCUT2D eigenvalue weighted by Gasteiger charge is 1.83. The van der Waals surface area contributed by atoms with Gasteiger partial charge in [-0.25, -0.2) is 0 Å². The van der Waals surface area contributed by atoms with Crippen LogP contribution in [0.15, 0.2) is 63.5 Å². The van der Waals surface area contributed by atoms with Gasteiger partial charge in [-0.05, 0) is 36.4 Å². The van der Waals surface area contributed by atoms with Crippen LogP contribution in [0.3, 0.4) is 0 Å². The first-order valence-electron chi connectivity index (χ1n) is 4.65. The van der Waals surface area contributed by atoms with E-state index in [0.717, 1.165) is 14.6 Å². The number of nitrogens with two attached hydrogens (primary N) is 1. The lowest BCUT2D eigenvalue weighted by atomic mass is 10.3. The molecule has 0 fully saturated rings. The molecule has 2 rings (SSSR count). The van der Waals surface area contributed by atoms with Crippen LogP contribution in [-0.2, 0) is 0 Å². The molecule has 2 nitrogen and oxygen atoms in total. The molecular weight excluding hydrogens is 332 g/mol. The van der Waals surface area contributed by atoms with Crippen LogP contribution in [0.25, 0.3) is 0 Å². The predicted molar refractivity (Wildman–Crippen MR) is 76.1 cm³/mol. The van der Waals surface area contributed by atoms with Crippen molar-refractivity contribution in [3.63, 3.8) is 0 Å². The molecule has 0 amide bonds. The maximum atomic E-state index is 5.10. The third kappa shape index (κ3) is 5.30. The number of anilines is 1. The van der Waals surface area contributed by atoms with E-state index in [-0.39, 0.29) is 0 Å². The molecule has 4 heteroatoms. The molecule has 0 spiro atoms. The van der Waals surface area contributed by atoms with Crippen molar-refractivity contribution in [2.75, 3.05) is 5.43 Å². The molecule has 0 aliphatic heterocycles. The average Bonchev–Trinajstić information content (AvgIpc) is 2.35. The van der Waals surface area contributed by atoms with Crippen LogP contribution in [0.2, 0.25) is 0 Å². The molecule has 0 aromatic heterocycles. The van der Waals surface area contributed by atoms with Crippen molar-refractivity contribution in [2.24, 2.45) is 5.84 Å². The van der Waals surface area contributed by atoms with Gasteiger partial charge in [-0.3, -0.25) is 5.84 Å². The highest BCUT2D eigenvalue weighted by atomic mass is 79.9. The number of hydrogen-bond donors (Lipinski definition) is 2. The van der Waals surface area contributed by atoms with E-state index in [1.165, 1.54) is 0 Å². The van der Waals surface area contributed by atoms with Gasteiger partial charge < -0.3 is 5.43 Å². The highest BCUT2D eigenvalue weighted by Crippen LogP contribution is 2.14. The third-order valence-electron chi connectivity index (χ3n) is 1.74. The van der Waals surface area contributed by atoms with Gasteiger partial charge >= 0.3 is 0 Å². The second-order valence-electron chi connectivity index (χ2n) is 2.95. The molecule has 2 aromatic carbocycles. The number of rotatable bonds is 1. The molecule has 0 saturated heterocycles. The number of hydrazine groups is 1. The molecule has 0 aliphatic carbocycles. The summed E-state index contributed by atoms with van der Waals surface area (Å²) in [5, 5.41) is 0. The predicted octanol–water partition coefficient (Wildman–Crippen LogP) is 4.18. The molecule has 0 bridgehead atoms. The van der Waals surface area contributed by atoms with Gasteiger partial charge in [0, 0.05) is 14.6 Å². The Hall–Kier alpha value is -0.840. The number of benzene rings is 2. The molecule has 2 aromatic rings. The molecule has 16 heavy (non-hydrogen) atoms. The largest absolute Gasteiger partial charge is 0.324 e. The van der Waals surface area contributed by atoms with Crippen LogP contribution in [0, 0.1) is 0 Å². The van der Waals surface area contributed by atoms with Gasteiger partial charge in [-0.15, -0.1) is 0 Å². The van der Waals surface area contributed by atoms with E-state index < -0.39 is 0 Å². The van der Waals surface area contributed by atoms with E-state index in [2.05, 4.69) is 37.3 Å². The Balaban J connectivity index is 0.000000160. The fourth-order valence-electron chi connectivity index (χ4n) is 0.964. The van der Waals surface area contributed by atoms with Gasteiger partial charge in [0.25, 0.3) is 0 Å². The van der Waals surface area contributed by atoms with Crippen molar-refractivity contribution in [1.29, 1.82) is 0 Å². The normalized spacial score (nSPS) is 8.94. The zero-order valence-corrected chi connectivity index (χ0v) is 11.7. The monoisotopic (exact) mass is 342 g/mol. The van der Waals surface area contributed by atoms with E-state index in [0.29, 0.717) is 0 Å². The van der Waals surface area contributed by atoms with Crippen LogP contribution in [-0.4, -0.2) is 0 Å². The first kappa shape index (κ1) is 13.2. The maximum absolute atomic E-state index is 5.10. The van der Waals surface area contributed by atoms with Crippen molar-refractivity contribution in [1.82, 2.24) is 0 Å². The molecule has 0 heterocycles. The SMILES string of the molecule is Brc1ccc(Br)cc1.NNc1ccccc1. The lowest BCUT2D eigenvalue weighted by Crippen LogP contribution is -2.05. The number of hydrogen-bond acceptors (Lipinski definition) is 2. The standard InChI is InChI=1S/C6H4Br2.C6H8N2/c7-5-1-2-6(8)4-3-5;7-8-6-4-2-1-3-5-6/h1-4H;1-5,8H,7H2. The number of para-hydroxylation sites is 1. The summed E-state index contributed by atoms with van der Waals surface area (Å²) in [6.45, 7) is 0. The van der Waals surface area contributed by atoms with Crippen LogP contribution in [0.4, 0.5) is 5.69 Å². The first-order valence-corrected chi connectivity index (χ1v) is 6.23. The average molecular weight is 344 g/mol. The van der Waals surface area contributed by atoms with Crippen molar-refractivity contribution in [3.8, 4) is 0 Å². The Labute approximate surface area is 112 Å². The minimum absolute atomic E-state index is 0.938. The lowest BCUT2D eigenvalue weighted by Gasteiger charge is -1.94. The number of nitrogens with one attached hydrogen (secondary N) is 1. The lowest BCUT2D eigenvalue weighted by molar-refractivity contribution is 1.35. The van der Waals surface area contributed by atoms with Gasteiger partial charge in [-0.1, -0.05) is 50.1 Å². The van der Waals surface area contributed by atoms with Crippen molar-refractivity contribution < 1.29 is 0 Å². The Morgan fingerprint density at radius 2 is 1.19 bits per heavy atom. The summed E-state index contributed by atoms with van der Waals surface area (Å²) in [7, 11) is 0. The molecule has 3 N–H and O–H groups in total. The van der Waals surface area contributed by atoms with Gasteiger partial charge in [0.1, 0.15) is 0 Å². The Morgan fingerprint density at radius 1 is 0.750 bits per heavy atom. The number of halogens is 2. The van der Waals surface area contributed by atoms with Crippen LogP contribution >= 0.6 is 31.9 Å². The summed E-state index contributed by atoms with van der Waals surface area (Å²) in [5.74, 6) is 5.10. The van der Waals surface area contributed by atoms with Crippen LogP contribution in [0.1, 0.15) is 0 Å². The number of nitrogen functional groups attached to an aromatic ring is 1. The van der Waals surface area contributed by atoms with Crippen molar-refractivity contribution in [2.45, 2.75) is 0 Å². The van der Waals surface area contributed by atoms with E-state index >= 15 is 0 Å². The minimum atomic E-state index is 0.938. The van der Waals surface area contributed by atoms with Crippen LogP contribution in [0.5, 0.6) is 0 Å². The molecule has 0 saturated carbocycles. The summed E-state index contributed by atoms with van der Waals surface area (Å²) < 4.78 is 2.22. The Bertz CT molecular complexity index is 380. The fraction of sp³-hybridized carbons (Fsp3) is 0. The molecule has 0 radical (unpaired) electrons. The van der Waals surface area contributed by atoms with Gasteiger partial charge in [0.2, 0.25) is 0 Å². The topological polar surface area (TPSA) is 38.0 Å². The quantitative estimate of drug-likeness (QED) is 0.602. The molecule has 0 aliphatic rings. The Kier molecular flexibility index (Phi) is 6.15. The zero-order valence-electron chi connectivity index (χ0n) is 8.53. The third-order valence-corrected chi connectivity index (χ3v) is 2.80. The Morgan fingerprint density at radius 3 is 1.50 bits per heavy atom. The summed E-state index contributed by atoms with van der Waals surface area (Å²) in [6, 6.07) is 17.6. The smallest absolute Gasteiger partial charge is 0.0485 e. The summed E-state index contributed by atoms with van der Waals surface area (Å²) in [6.07, 6.45) is 0. The highest BCUT2D eigenvalue weighted by molar-refractivity contribution is 9.11. The van der Waals surface area contributed by atoms with E-state index in [9.17, 15) is 0 Å². The van der Waals surface area contributed by atoms with Crippen molar-refractivity contribution >= 4 is 37.5 Å². The molecule has 0 unspecified atom stereocenters. The second kappa shape index (κ2) is 7.44. The van der Waals surface area contributed by atoms with E-state index in [1.807, 2.05) is 54.6 Å². The molecular formula is C12H12Br2N2. The first-order chi connectivity index (χ1) is 7.72. The fourth-order valence-corrected chi connectivity index (χ4v) is 1.49. The summed E-state index contributed by atoms with van der Waals surface area (Å²) >= 11 is 6.65. The molecule has 84 valence electrons. The zero-order chi connectivity index (χ0) is 11.8. The minimum Gasteiger partial charge on any atom is -0.324 e. The van der Waals surface area contributed by atoms with Gasteiger partial charge in [0.15, 0.2) is 0 Å². The van der Waals surface area contributed by atoms with E-state index in [4.69, 9.17) is 5.84 Å². The molecule has 0 atom stereocenters. The van der Waals surface area contributed by atoms with Gasteiger partial charge in [-0.2, -0.15) is 0 Å². The van der Waals surface area contributed by atoms with E-state index in [1.54, 1.807) is 0 Å². The second-order valence-corrected chi connectivity index (χ2v) is 4.78. The maximum Gasteiger partial charge on any atom is 0.0485 e.